The van der Waals surface area contributed by atoms with Crippen molar-refractivity contribution in [3.63, 3.8) is 0 Å². The Balaban J connectivity index is 1.93. The first-order valence-corrected chi connectivity index (χ1v) is 7.57. The van der Waals surface area contributed by atoms with E-state index in [4.69, 9.17) is 18.8 Å². The lowest BCUT2D eigenvalue weighted by atomic mass is 10.1. The first kappa shape index (κ1) is 17.8. The molecular weight excluding hydrogens is 312 g/mol. The predicted molar refractivity (Wildman–Crippen MR) is 87.6 cm³/mol. The molecule has 1 heterocycles. The fourth-order valence-electron chi connectivity index (χ4n) is 2.01. The molecule has 1 amide bonds. The summed E-state index contributed by atoms with van der Waals surface area (Å²) in [6.07, 6.45) is 0.623. The van der Waals surface area contributed by atoms with E-state index in [1.165, 1.54) is 5.06 Å². The van der Waals surface area contributed by atoms with Gasteiger partial charge in [0.25, 0.3) is 5.88 Å². The molecule has 0 spiro atoms. The molecule has 7 nitrogen and oxygen atoms in total. The molecule has 24 heavy (non-hydrogen) atoms. The standard InChI is InChI=1S/C17H22N2O5/c1-17(2,3)24-19(12-20)9-10-22-16-11-15(23-18-16)13-7-5-6-8-14(13)21-4/h5-8,11-12H,9-10H2,1-4H3. The molecule has 0 atom stereocenters. The van der Waals surface area contributed by atoms with E-state index < -0.39 is 5.60 Å². The number of rotatable bonds is 8. The lowest BCUT2D eigenvalue weighted by Gasteiger charge is -2.26. The van der Waals surface area contributed by atoms with Gasteiger partial charge in [-0.3, -0.25) is 9.63 Å². The van der Waals surface area contributed by atoms with Crippen LogP contribution < -0.4 is 9.47 Å². The summed E-state index contributed by atoms with van der Waals surface area (Å²) in [4.78, 5) is 16.4. The van der Waals surface area contributed by atoms with Crippen molar-refractivity contribution in [1.29, 1.82) is 0 Å². The number of hydroxylamine groups is 2. The van der Waals surface area contributed by atoms with E-state index in [0.29, 0.717) is 23.8 Å². The number of carbonyl (C=O) groups excluding carboxylic acids is 1. The molecule has 0 aliphatic rings. The zero-order chi connectivity index (χ0) is 17.6. The molecule has 0 N–H and O–H groups in total. The molecule has 0 aliphatic carbocycles. The average Bonchev–Trinajstić information content (AvgIpc) is 3.01. The molecule has 2 aromatic rings. The first-order chi connectivity index (χ1) is 11.4. The fourth-order valence-corrected chi connectivity index (χ4v) is 2.01. The van der Waals surface area contributed by atoms with Gasteiger partial charge < -0.3 is 14.0 Å². The van der Waals surface area contributed by atoms with E-state index in [1.54, 1.807) is 13.2 Å². The van der Waals surface area contributed by atoms with E-state index in [1.807, 2.05) is 45.0 Å². The maximum absolute atomic E-state index is 11.0. The third-order valence-corrected chi connectivity index (χ3v) is 2.93. The lowest BCUT2D eigenvalue weighted by molar-refractivity contribution is -0.217. The quantitative estimate of drug-likeness (QED) is 0.546. The van der Waals surface area contributed by atoms with Crippen molar-refractivity contribution in [3.05, 3.63) is 30.3 Å². The minimum absolute atomic E-state index is 0.229. The summed E-state index contributed by atoms with van der Waals surface area (Å²) in [5.41, 5.74) is 0.333. The number of ether oxygens (including phenoxy) is 2. The van der Waals surface area contributed by atoms with Crippen molar-refractivity contribution in [2.24, 2.45) is 0 Å². The highest BCUT2D eigenvalue weighted by Crippen LogP contribution is 2.31. The first-order valence-electron chi connectivity index (χ1n) is 7.57. The van der Waals surface area contributed by atoms with E-state index >= 15 is 0 Å². The number of hydrogen-bond acceptors (Lipinski definition) is 6. The number of aromatic nitrogens is 1. The van der Waals surface area contributed by atoms with Gasteiger partial charge in [-0.2, -0.15) is 0 Å². The van der Waals surface area contributed by atoms with Crippen LogP contribution in [-0.4, -0.2) is 42.5 Å². The van der Waals surface area contributed by atoms with Gasteiger partial charge in [0, 0.05) is 6.07 Å². The van der Waals surface area contributed by atoms with Crippen LogP contribution in [0.1, 0.15) is 20.8 Å². The van der Waals surface area contributed by atoms with Crippen molar-refractivity contribution in [3.8, 4) is 23.0 Å². The Kier molecular flexibility index (Phi) is 5.81. The number of benzene rings is 1. The fraction of sp³-hybridized carbons (Fsp3) is 0.412. The SMILES string of the molecule is COc1ccccc1-c1cc(OCCN(C=O)OC(C)(C)C)no1. The zero-order valence-electron chi connectivity index (χ0n) is 14.3. The van der Waals surface area contributed by atoms with Crippen LogP contribution in [0.2, 0.25) is 0 Å². The molecule has 0 unspecified atom stereocenters. The number of nitrogens with zero attached hydrogens (tertiary/aromatic N) is 2. The van der Waals surface area contributed by atoms with Gasteiger partial charge in [0.1, 0.15) is 12.4 Å². The average molecular weight is 334 g/mol. The third-order valence-electron chi connectivity index (χ3n) is 2.93. The van der Waals surface area contributed by atoms with Crippen molar-refractivity contribution >= 4 is 6.41 Å². The van der Waals surface area contributed by atoms with Crippen LogP contribution in [0.15, 0.2) is 34.9 Å². The Hall–Kier alpha value is -2.54. The van der Waals surface area contributed by atoms with Crippen LogP contribution in [0.5, 0.6) is 11.6 Å². The number of amides is 1. The van der Waals surface area contributed by atoms with Crippen LogP contribution in [0.25, 0.3) is 11.3 Å². The highest BCUT2D eigenvalue weighted by atomic mass is 16.7. The maximum Gasteiger partial charge on any atom is 0.254 e. The Morgan fingerprint density at radius 3 is 2.71 bits per heavy atom. The molecule has 7 heteroatoms. The molecule has 130 valence electrons. The topological polar surface area (TPSA) is 74.0 Å². The highest BCUT2D eigenvalue weighted by Gasteiger charge is 2.16. The van der Waals surface area contributed by atoms with E-state index in [2.05, 4.69) is 5.16 Å². The smallest absolute Gasteiger partial charge is 0.254 e. The number of carbonyl (C=O) groups is 1. The van der Waals surface area contributed by atoms with Gasteiger partial charge in [-0.1, -0.05) is 12.1 Å². The zero-order valence-corrected chi connectivity index (χ0v) is 14.3. The van der Waals surface area contributed by atoms with E-state index in [9.17, 15) is 4.79 Å². The normalized spacial score (nSPS) is 11.2. The Morgan fingerprint density at radius 2 is 2.04 bits per heavy atom. The second kappa shape index (κ2) is 7.83. The van der Waals surface area contributed by atoms with Crippen molar-refractivity contribution in [1.82, 2.24) is 10.2 Å². The summed E-state index contributed by atoms with van der Waals surface area (Å²) in [5.74, 6) is 1.56. The lowest BCUT2D eigenvalue weighted by Crippen LogP contribution is -2.35. The second-order valence-electron chi connectivity index (χ2n) is 6.03. The molecule has 0 aliphatic heterocycles. The van der Waals surface area contributed by atoms with Crippen LogP contribution in [0, 0.1) is 0 Å². The second-order valence-corrected chi connectivity index (χ2v) is 6.03. The van der Waals surface area contributed by atoms with Crippen molar-refractivity contribution in [2.45, 2.75) is 26.4 Å². The number of para-hydroxylation sites is 1. The van der Waals surface area contributed by atoms with Gasteiger partial charge >= 0.3 is 0 Å². The summed E-state index contributed by atoms with van der Waals surface area (Å²) >= 11 is 0. The molecule has 0 bridgehead atoms. The molecule has 2 rings (SSSR count). The number of methoxy groups -OCH3 is 1. The Morgan fingerprint density at radius 1 is 1.29 bits per heavy atom. The minimum atomic E-state index is -0.453. The predicted octanol–water partition coefficient (Wildman–Crippen LogP) is 2.92. The highest BCUT2D eigenvalue weighted by molar-refractivity contribution is 5.66. The largest absolute Gasteiger partial charge is 0.496 e. The number of hydrogen-bond donors (Lipinski definition) is 0. The van der Waals surface area contributed by atoms with Gasteiger partial charge in [0.2, 0.25) is 6.41 Å². The minimum Gasteiger partial charge on any atom is -0.496 e. The van der Waals surface area contributed by atoms with Crippen LogP contribution in [0.4, 0.5) is 0 Å². The van der Waals surface area contributed by atoms with Gasteiger partial charge in [-0.05, 0) is 38.1 Å². The Bertz CT molecular complexity index is 663. The monoisotopic (exact) mass is 334 g/mol. The Labute approximate surface area is 141 Å². The molecule has 0 radical (unpaired) electrons. The summed E-state index contributed by atoms with van der Waals surface area (Å²) < 4.78 is 16.1. The van der Waals surface area contributed by atoms with Crippen LogP contribution in [-0.2, 0) is 9.63 Å². The summed E-state index contributed by atoms with van der Waals surface area (Å²) in [6, 6.07) is 9.14. The molecule has 0 fully saturated rings. The van der Waals surface area contributed by atoms with Gasteiger partial charge in [0.15, 0.2) is 5.76 Å². The summed E-state index contributed by atoms with van der Waals surface area (Å²) in [7, 11) is 1.59. The van der Waals surface area contributed by atoms with Crippen molar-refractivity contribution in [2.75, 3.05) is 20.3 Å². The molecule has 0 saturated carbocycles. The maximum atomic E-state index is 11.0. The van der Waals surface area contributed by atoms with Gasteiger partial charge in [-0.15, -0.1) is 0 Å². The van der Waals surface area contributed by atoms with Gasteiger partial charge in [0.05, 0.1) is 24.8 Å². The van der Waals surface area contributed by atoms with E-state index in [-0.39, 0.29) is 13.2 Å². The molecule has 1 aromatic heterocycles. The molecular formula is C17H22N2O5. The van der Waals surface area contributed by atoms with Gasteiger partial charge in [-0.25, -0.2) is 5.06 Å². The third kappa shape index (κ3) is 4.99. The molecule has 0 saturated heterocycles. The summed E-state index contributed by atoms with van der Waals surface area (Å²) in [5, 5.41) is 5.06. The van der Waals surface area contributed by atoms with Crippen LogP contribution >= 0.6 is 0 Å². The summed E-state index contributed by atoms with van der Waals surface area (Å²) in [6.45, 7) is 6.09. The molecule has 1 aromatic carbocycles. The van der Waals surface area contributed by atoms with Crippen molar-refractivity contribution < 1.29 is 23.6 Å². The van der Waals surface area contributed by atoms with E-state index in [0.717, 1.165) is 5.56 Å². The van der Waals surface area contributed by atoms with Crippen LogP contribution in [0.3, 0.4) is 0 Å².